The minimum atomic E-state index is -1.12. The molecule has 1 fully saturated rings. The Balaban J connectivity index is 2.73. The summed E-state index contributed by atoms with van der Waals surface area (Å²) >= 11 is 0. The zero-order valence-electron chi connectivity index (χ0n) is 12.9. The Morgan fingerprint density at radius 1 is 1.24 bits per heavy atom. The largest absolute Gasteiger partial charge is 0.480 e. The second kappa shape index (κ2) is 7.43. The number of nitrogens with one attached hydrogen (secondary N) is 1. The lowest BCUT2D eigenvalue weighted by Gasteiger charge is -2.31. The molecule has 1 aliphatic rings. The van der Waals surface area contributed by atoms with Gasteiger partial charge in [-0.25, -0.2) is 4.79 Å². The van der Waals surface area contributed by atoms with Gasteiger partial charge < -0.3 is 16.2 Å². The Hall–Kier alpha value is -1.59. The number of amides is 2. The molecule has 1 atom stereocenters. The molecule has 6 heteroatoms. The zero-order valence-corrected chi connectivity index (χ0v) is 12.9. The maximum absolute atomic E-state index is 12.6. The lowest BCUT2D eigenvalue weighted by atomic mass is 9.77. The summed E-state index contributed by atoms with van der Waals surface area (Å²) in [6.45, 7) is 4.13. The van der Waals surface area contributed by atoms with Crippen LogP contribution in [0.3, 0.4) is 0 Å². The summed E-state index contributed by atoms with van der Waals surface area (Å²) in [5, 5.41) is 11.8. The van der Waals surface area contributed by atoms with Crippen LogP contribution < -0.4 is 11.1 Å². The minimum Gasteiger partial charge on any atom is -0.480 e. The minimum absolute atomic E-state index is 0.0359. The van der Waals surface area contributed by atoms with E-state index in [1.807, 2.05) is 0 Å². The van der Waals surface area contributed by atoms with E-state index in [2.05, 4.69) is 19.2 Å². The van der Waals surface area contributed by atoms with E-state index in [0.29, 0.717) is 5.92 Å². The Labute approximate surface area is 125 Å². The van der Waals surface area contributed by atoms with Gasteiger partial charge in [-0.2, -0.15) is 0 Å². The highest BCUT2D eigenvalue weighted by Crippen LogP contribution is 2.43. The first-order chi connectivity index (χ1) is 9.77. The Morgan fingerprint density at radius 3 is 2.24 bits per heavy atom. The first-order valence-corrected chi connectivity index (χ1v) is 7.59. The summed E-state index contributed by atoms with van der Waals surface area (Å²) in [6, 6.07) is -1.05. The third kappa shape index (κ3) is 5.02. The number of rotatable bonds is 8. The van der Waals surface area contributed by atoms with Crippen molar-refractivity contribution < 1.29 is 19.5 Å². The lowest BCUT2D eigenvalue weighted by Crippen LogP contribution is -2.48. The fourth-order valence-electron chi connectivity index (χ4n) is 3.21. The number of primary amides is 1. The standard InChI is InChI=1S/C15H26N2O4/c1-10(2)9-15(7-3-4-8-15)14(21)17-11(13(19)20)5-6-12(16)18/h10-11H,3-9H2,1-2H3,(H2,16,18)(H,17,21)(H,19,20). The van der Waals surface area contributed by atoms with E-state index in [1.165, 1.54) is 0 Å². The number of hydrogen-bond acceptors (Lipinski definition) is 3. The highest BCUT2D eigenvalue weighted by Gasteiger charge is 2.42. The maximum Gasteiger partial charge on any atom is 0.326 e. The first-order valence-electron chi connectivity index (χ1n) is 7.59. The van der Waals surface area contributed by atoms with Crippen LogP contribution in [-0.2, 0) is 14.4 Å². The molecule has 0 aromatic carbocycles. The number of hydrogen-bond donors (Lipinski definition) is 3. The van der Waals surface area contributed by atoms with E-state index in [-0.39, 0.29) is 18.7 Å². The molecule has 2 amide bonds. The molecular formula is C15H26N2O4. The molecule has 0 aliphatic heterocycles. The van der Waals surface area contributed by atoms with Crippen LogP contribution in [0.1, 0.15) is 58.8 Å². The van der Waals surface area contributed by atoms with Crippen LogP contribution in [0.25, 0.3) is 0 Å². The van der Waals surface area contributed by atoms with E-state index in [9.17, 15) is 19.5 Å². The van der Waals surface area contributed by atoms with Gasteiger partial charge in [0.2, 0.25) is 11.8 Å². The SMILES string of the molecule is CC(C)CC1(C(=O)NC(CCC(N)=O)C(=O)O)CCCC1. The molecule has 1 aliphatic carbocycles. The predicted octanol–water partition coefficient (Wildman–Crippen LogP) is 1.43. The fourth-order valence-corrected chi connectivity index (χ4v) is 3.21. The Kier molecular flexibility index (Phi) is 6.18. The highest BCUT2D eigenvalue weighted by atomic mass is 16.4. The van der Waals surface area contributed by atoms with Crippen LogP contribution in [0.5, 0.6) is 0 Å². The summed E-state index contributed by atoms with van der Waals surface area (Å²) in [7, 11) is 0. The Bertz CT molecular complexity index is 400. The summed E-state index contributed by atoms with van der Waals surface area (Å²) in [5.41, 5.74) is 4.59. The monoisotopic (exact) mass is 298 g/mol. The van der Waals surface area contributed by atoms with Crippen molar-refractivity contribution in [1.82, 2.24) is 5.32 Å². The number of carboxylic acids is 1. The van der Waals surface area contributed by atoms with Crippen molar-refractivity contribution in [2.45, 2.75) is 64.8 Å². The van der Waals surface area contributed by atoms with Gasteiger partial charge >= 0.3 is 5.97 Å². The van der Waals surface area contributed by atoms with Crippen molar-refractivity contribution >= 4 is 17.8 Å². The molecule has 4 N–H and O–H groups in total. The van der Waals surface area contributed by atoms with Crippen LogP contribution in [0, 0.1) is 11.3 Å². The summed E-state index contributed by atoms with van der Waals surface area (Å²) in [5.74, 6) is -1.50. The third-order valence-electron chi connectivity index (χ3n) is 4.12. The van der Waals surface area contributed by atoms with E-state index < -0.39 is 23.3 Å². The van der Waals surface area contributed by atoms with E-state index in [4.69, 9.17) is 5.73 Å². The van der Waals surface area contributed by atoms with Crippen molar-refractivity contribution in [3.63, 3.8) is 0 Å². The van der Waals surface area contributed by atoms with Gasteiger partial charge in [0.05, 0.1) is 0 Å². The van der Waals surface area contributed by atoms with Gasteiger partial charge in [0, 0.05) is 11.8 Å². The van der Waals surface area contributed by atoms with Crippen LogP contribution in [0.15, 0.2) is 0 Å². The molecule has 0 bridgehead atoms. The predicted molar refractivity (Wildman–Crippen MR) is 78.4 cm³/mol. The molecule has 21 heavy (non-hydrogen) atoms. The van der Waals surface area contributed by atoms with Gasteiger partial charge in [0.1, 0.15) is 6.04 Å². The normalized spacial score (nSPS) is 18.4. The second-order valence-electron chi connectivity index (χ2n) is 6.45. The summed E-state index contributed by atoms with van der Waals surface area (Å²) in [6.07, 6.45) is 4.36. The molecule has 1 saturated carbocycles. The number of carboxylic acid groups (broad SMARTS) is 1. The van der Waals surface area contributed by atoms with Crippen LogP contribution in [-0.4, -0.2) is 28.9 Å². The van der Waals surface area contributed by atoms with E-state index in [0.717, 1.165) is 32.1 Å². The Morgan fingerprint density at radius 2 is 1.81 bits per heavy atom. The molecular weight excluding hydrogens is 272 g/mol. The average molecular weight is 298 g/mol. The third-order valence-corrected chi connectivity index (χ3v) is 4.12. The van der Waals surface area contributed by atoms with Crippen molar-refractivity contribution in [2.24, 2.45) is 17.1 Å². The number of nitrogens with two attached hydrogens (primary N) is 1. The lowest BCUT2D eigenvalue weighted by molar-refractivity contribution is -0.144. The summed E-state index contributed by atoms with van der Waals surface area (Å²) < 4.78 is 0. The van der Waals surface area contributed by atoms with Crippen molar-refractivity contribution in [2.75, 3.05) is 0 Å². The summed E-state index contributed by atoms with van der Waals surface area (Å²) in [4.78, 5) is 34.6. The van der Waals surface area contributed by atoms with Gasteiger partial charge in [-0.1, -0.05) is 26.7 Å². The van der Waals surface area contributed by atoms with Crippen molar-refractivity contribution in [1.29, 1.82) is 0 Å². The second-order valence-corrected chi connectivity index (χ2v) is 6.45. The highest BCUT2D eigenvalue weighted by molar-refractivity contribution is 5.88. The van der Waals surface area contributed by atoms with Crippen molar-refractivity contribution in [3.05, 3.63) is 0 Å². The molecule has 0 heterocycles. The quantitative estimate of drug-likeness (QED) is 0.629. The van der Waals surface area contributed by atoms with Gasteiger partial charge in [-0.05, 0) is 31.6 Å². The number of carbonyl (C=O) groups is 3. The zero-order chi connectivity index (χ0) is 16.0. The molecule has 0 aromatic rings. The van der Waals surface area contributed by atoms with Gasteiger partial charge in [0.15, 0.2) is 0 Å². The van der Waals surface area contributed by atoms with Crippen molar-refractivity contribution in [3.8, 4) is 0 Å². The maximum atomic E-state index is 12.6. The number of aliphatic carboxylic acids is 1. The van der Waals surface area contributed by atoms with Crippen LogP contribution in [0.2, 0.25) is 0 Å². The van der Waals surface area contributed by atoms with Crippen LogP contribution >= 0.6 is 0 Å². The van der Waals surface area contributed by atoms with Gasteiger partial charge in [0.25, 0.3) is 0 Å². The first kappa shape index (κ1) is 17.5. The molecule has 1 rings (SSSR count). The topological polar surface area (TPSA) is 109 Å². The average Bonchev–Trinajstić information content (AvgIpc) is 2.82. The smallest absolute Gasteiger partial charge is 0.326 e. The van der Waals surface area contributed by atoms with E-state index in [1.54, 1.807) is 0 Å². The molecule has 0 saturated heterocycles. The fraction of sp³-hybridized carbons (Fsp3) is 0.800. The number of carbonyl (C=O) groups excluding carboxylic acids is 2. The molecule has 120 valence electrons. The van der Waals surface area contributed by atoms with E-state index >= 15 is 0 Å². The molecule has 1 unspecified atom stereocenters. The molecule has 0 aromatic heterocycles. The molecule has 0 radical (unpaired) electrons. The molecule has 0 spiro atoms. The molecule has 6 nitrogen and oxygen atoms in total. The van der Waals surface area contributed by atoms with Gasteiger partial charge in [-0.15, -0.1) is 0 Å². The van der Waals surface area contributed by atoms with Gasteiger partial charge in [-0.3, -0.25) is 9.59 Å². The van der Waals surface area contributed by atoms with Crippen LogP contribution in [0.4, 0.5) is 0 Å².